The summed E-state index contributed by atoms with van der Waals surface area (Å²) in [7, 11) is -4.88. The van der Waals surface area contributed by atoms with Crippen molar-refractivity contribution < 1.29 is 12.6 Å². The first-order valence-electron chi connectivity index (χ1n) is 5.38. The van der Waals surface area contributed by atoms with Crippen molar-refractivity contribution in [1.29, 1.82) is 5.26 Å². The van der Waals surface area contributed by atoms with Gasteiger partial charge in [0.25, 0.3) is 0 Å². The second-order valence-electron chi connectivity index (χ2n) is 4.13. The first-order valence-corrected chi connectivity index (χ1v) is 8.59. The molecule has 19 heavy (non-hydrogen) atoms. The number of hydrogen-bond acceptors (Lipinski definition) is 5. The molecule has 0 saturated heterocycles. The van der Waals surface area contributed by atoms with E-state index in [1.165, 1.54) is 24.5 Å². The number of anilines is 1. The van der Waals surface area contributed by atoms with Crippen LogP contribution in [-0.2, 0) is 20.8 Å². The summed E-state index contributed by atoms with van der Waals surface area (Å²) in [6, 6.07) is 5.38. The summed E-state index contributed by atoms with van der Waals surface area (Å²) in [5.74, 6) is 0.218. The van der Waals surface area contributed by atoms with E-state index in [9.17, 15) is 12.6 Å². The Morgan fingerprint density at radius 1 is 1.53 bits per heavy atom. The van der Waals surface area contributed by atoms with E-state index in [-0.39, 0.29) is 16.3 Å². The minimum Gasteiger partial charge on any atom is -0.398 e. The number of nitrogens with zero attached hydrogens (tertiary/aromatic N) is 1. The molecule has 0 aliphatic carbocycles. The highest BCUT2D eigenvalue weighted by Gasteiger charge is 2.20. The summed E-state index contributed by atoms with van der Waals surface area (Å²) in [5, 5.41) is 8.70. The van der Waals surface area contributed by atoms with Gasteiger partial charge in [-0.1, -0.05) is 0 Å². The largest absolute Gasteiger partial charge is 0.398 e. The normalized spacial score (nSPS) is 14.6. The second kappa shape index (κ2) is 6.14. The van der Waals surface area contributed by atoms with Gasteiger partial charge in [0, 0.05) is 28.9 Å². The van der Waals surface area contributed by atoms with Crippen molar-refractivity contribution in [3.63, 3.8) is 0 Å². The van der Waals surface area contributed by atoms with Crippen LogP contribution in [0.5, 0.6) is 0 Å². The molecule has 1 aromatic carbocycles. The highest BCUT2D eigenvalue weighted by Crippen LogP contribution is 2.19. The highest BCUT2D eigenvalue weighted by molar-refractivity contribution is 7.89. The number of benzene rings is 1. The molecule has 0 spiro atoms. The Morgan fingerprint density at radius 2 is 2.16 bits per heavy atom. The van der Waals surface area contributed by atoms with E-state index in [1.54, 1.807) is 6.92 Å². The molecule has 104 valence electrons. The Hall–Kier alpha value is -1.43. The Balaban J connectivity index is 3.01. The summed E-state index contributed by atoms with van der Waals surface area (Å²) >= 11 is 0. The quantitative estimate of drug-likeness (QED) is 0.753. The fourth-order valence-corrected chi connectivity index (χ4v) is 3.83. The van der Waals surface area contributed by atoms with E-state index in [2.05, 4.69) is 4.72 Å². The van der Waals surface area contributed by atoms with E-state index in [4.69, 9.17) is 11.0 Å². The van der Waals surface area contributed by atoms with Crippen molar-refractivity contribution >= 4 is 26.5 Å². The van der Waals surface area contributed by atoms with Gasteiger partial charge in [-0.25, -0.2) is 13.1 Å². The lowest BCUT2D eigenvalue weighted by atomic mass is 10.2. The highest BCUT2D eigenvalue weighted by atomic mass is 32.2. The topological polar surface area (TPSA) is 113 Å². The monoisotopic (exact) mass is 301 g/mol. The lowest BCUT2D eigenvalue weighted by Gasteiger charge is -2.14. The molecular formula is C11H15N3O3S2. The molecule has 0 amide bonds. The van der Waals surface area contributed by atoms with Crippen molar-refractivity contribution in [2.24, 2.45) is 0 Å². The minimum atomic E-state index is -3.78. The number of nitrogens with one attached hydrogen (secondary N) is 1. The van der Waals surface area contributed by atoms with Crippen LogP contribution in [0.2, 0.25) is 0 Å². The smallest absolute Gasteiger partial charge is 0.242 e. The summed E-state index contributed by atoms with van der Waals surface area (Å²) in [4.78, 5) is -0.0831. The van der Waals surface area contributed by atoms with Crippen molar-refractivity contribution in [1.82, 2.24) is 4.72 Å². The number of nitriles is 1. The second-order valence-corrected chi connectivity index (χ2v) is 7.29. The maximum atomic E-state index is 12.1. The lowest BCUT2D eigenvalue weighted by Crippen LogP contribution is -2.36. The van der Waals surface area contributed by atoms with E-state index in [0.29, 0.717) is 5.56 Å². The molecule has 6 nitrogen and oxygen atoms in total. The van der Waals surface area contributed by atoms with Crippen LogP contribution >= 0.6 is 0 Å². The number of nitrogen functional groups attached to an aromatic ring is 1. The van der Waals surface area contributed by atoms with Crippen LogP contribution in [0.4, 0.5) is 5.69 Å². The van der Waals surface area contributed by atoms with Crippen LogP contribution in [-0.4, -0.2) is 30.7 Å². The average molecular weight is 301 g/mol. The molecule has 2 unspecified atom stereocenters. The zero-order valence-electron chi connectivity index (χ0n) is 10.6. The molecule has 0 heterocycles. The zero-order chi connectivity index (χ0) is 14.6. The van der Waals surface area contributed by atoms with Crippen molar-refractivity contribution in [2.75, 3.05) is 17.7 Å². The maximum absolute atomic E-state index is 12.1. The fourth-order valence-electron chi connectivity index (χ4n) is 1.58. The SMILES string of the molecule is CC(CS(C)=O)NS(=O)(=O)c1ccc(C#N)cc1N. The average Bonchev–Trinajstić information content (AvgIpc) is 2.26. The van der Waals surface area contributed by atoms with E-state index < -0.39 is 26.9 Å². The maximum Gasteiger partial charge on any atom is 0.242 e. The summed E-state index contributed by atoms with van der Waals surface area (Å²) in [5.41, 5.74) is 5.93. The van der Waals surface area contributed by atoms with Crippen LogP contribution in [0.15, 0.2) is 23.1 Å². The summed E-state index contributed by atoms with van der Waals surface area (Å²) < 4.78 is 37.6. The van der Waals surface area contributed by atoms with Gasteiger partial charge >= 0.3 is 0 Å². The first kappa shape index (κ1) is 15.6. The fraction of sp³-hybridized carbons (Fsp3) is 0.364. The van der Waals surface area contributed by atoms with Gasteiger partial charge in [0.15, 0.2) is 0 Å². The molecule has 3 N–H and O–H groups in total. The summed E-state index contributed by atoms with van der Waals surface area (Å²) in [6.45, 7) is 1.62. The van der Waals surface area contributed by atoms with Gasteiger partial charge in [-0.3, -0.25) is 4.21 Å². The molecule has 8 heteroatoms. The van der Waals surface area contributed by atoms with Gasteiger partial charge in [0.1, 0.15) is 4.90 Å². The first-order chi connectivity index (χ1) is 8.76. The third kappa shape index (κ3) is 4.31. The van der Waals surface area contributed by atoms with Gasteiger partial charge in [0.2, 0.25) is 10.0 Å². The van der Waals surface area contributed by atoms with E-state index >= 15 is 0 Å². The molecule has 0 bridgehead atoms. The van der Waals surface area contributed by atoms with E-state index in [1.807, 2.05) is 6.07 Å². The summed E-state index contributed by atoms with van der Waals surface area (Å²) in [6.07, 6.45) is 1.50. The minimum absolute atomic E-state index is 0.0105. The predicted octanol–water partition coefficient (Wildman–Crippen LogP) is 0.186. The van der Waals surface area contributed by atoms with Crippen molar-refractivity contribution in [3.8, 4) is 6.07 Å². The van der Waals surface area contributed by atoms with Gasteiger partial charge in [0.05, 0.1) is 17.3 Å². The molecular weight excluding hydrogens is 286 g/mol. The van der Waals surface area contributed by atoms with Gasteiger partial charge in [-0.15, -0.1) is 0 Å². The van der Waals surface area contributed by atoms with Crippen LogP contribution in [0.3, 0.4) is 0 Å². The van der Waals surface area contributed by atoms with Gasteiger partial charge < -0.3 is 5.73 Å². The van der Waals surface area contributed by atoms with Gasteiger partial charge in [-0.05, 0) is 25.1 Å². The Morgan fingerprint density at radius 3 is 2.63 bits per heavy atom. The third-order valence-corrected chi connectivity index (χ3v) is 4.90. The number of sulfonamides is 1. The van der Waals surface area contributed by atoms with Crippen LogP contribution < -0.4 is 10.5 Å². The van der Waals surface area contributed by atoms with E-state index in [0.717, 1.165) is 0 Å². The molecule has 1 rings (SSSR count). The van der Waals surface area contributed by atoms with Crippen LogP contribution in [0.1, 0.15) is 12.5 Å². The standard InChI is InChI=1S/C11H15N3O3S2/c1-8(7-18(2)15)14-19(16,17)11-4-3-9(6-12)5-10(11)13/h3-5,8,14H,7,13H2,1-2H3. The molecule has 0 fully saturated rings. The zero-order valence-corrected chi connectivity index (χ0v) is 12.2. The van der Waals surface area contributed by atoms with Gasteiger partial charge in [-0.2, -0.15) is 5.26 Å². The molecule has 0 radical (unpaired) electrons. The molecule has 0 aromatic heterocycles. The van der Waals surface area contributed by atoms with Crippen molar-refractivity contribution in [3.05, 3.63) is 23.8 Å². The molecule has 0 aliphatic heterocycles. The molecule has 1 aromatic rings. The Bertz CT molecular complexity index is 635. The molecule has 0 aliphatic rings. The van der Waals surface area contributed by atoms with Crippen molar-refractivity contribution in [2.45, 2.75) is 17.9 Å². The molecule has 2 atom stereocenters. The van der Waals surface area contributed by atoms with Crippen LogP contribution in [0, 0.1) is 11.3 Å². The third-order valence-electron chi connectivity index (χ3n) is 2.27. The number of hydrogen-bond donors (Lipinski definition) is 2. The number of rotatable bonds is 5. The Kier molecular flexibility index (Phi) is 5.05. The Labute approximate surface area is 115 Å². The molecule has 0 saturated carbocycles. The van der Waals surface area contributed by atoms with Crippen LogP contribution in [0.25, 0.3) is 0 Å². The predicted molar refractivity (Wildman–Crippen MR) is 74.3 cm³/mol. The number of nitrogens with two attached hydrogens (primary N) is 1. The lowest BCUT2D eigenvalue weighted by molar-refractivity contribution is 0.570.